The van der Waals surface area contributed by atoms with Crippen molar-refractivity contribution < 1.29 is 4.79 Å². The van der Waals surface area contributed by atoms with E-state index in [1.165, 1.54) is 12.0 Å². The van der Waals surface area contributed by atoms with E-state index in [0.29, 0.717) is 17.6 Å². The molecular weight excluding hydrogens is 192 g/mol. The second-order valence-corrected chi connectivity index (χ2v) is 5.00. The molecule has 1 aromatic heterocycles. The van der Waals surface area contributed by atoms with Crippen LogP contribution in [0, 0.1) is 11.8 Å². The van der Waals surface area contributed by atoms with Crippen LogP contribution < -0.4 is 0 Å². The molecule has 2 unspecified atom stereocenters. The number of carbonyl (C=O) groups is 1. The van der Waals surface area contributed by atoms with Crippen molar-refractivity contribution in [3.05, 3.63) is 22.4 Å². The van der Waals surface area contributed by atoms with Gasteiger partial charge in [0.2, 0.25) is 0 Å². The van der Waals surface area contributed by atoms with Gasteiger partial charge >= 0.3 is 0 Å². The lowest BCUT2D eigenvalue weighted by molar-refractivity contribution is -0.120. The first-order valence-corrected chi connectivity index (χ1v) is 6.25. The Hall–Kier alpha value is -0.630. The number of hydrogen-bond donors (Lipinski definition) is 0. The van der Waals surface area contributed by atoms with Gasteiger partial charge in [0, 0.05) is 12.3 Å². The zero-order valence-corrected chi connectivity index (χ0v) is 9.35. The molecule has 1 saturated carbocycles. The van der Waals surface area contributed by atoms with Crippen LogP contribution in [0.1, 0.15) is 31.7 Å². The Labute approximate surface area is 89.1 Å². The predicted octanol–water partition coefficient (Wildman–Crippen LogP) is 3.30. The van der Waals surface area contributed by atoms with Crippen LogP contribution >= 0.6 is 11.3 Å². The first kappa shape index (κ1) is 9.91. The molecule has 0 radical (unpaired) electrons. The van der Waals surface area contributed by atoms with Crippen LogP contribution in [-0.4, -0.2) is 5.78 Å². The number of hydrogen-bond acceptors (Lipinski definition) is 2. The SMILES string of the molecule is CC1C(=O)CCC1CCc1ccsc1. The van der Waals surface area contributed by atoms with Gasteiger partial charge in [-0.25, -0.2) is 0 Å². The second kappa shape index (κ2) is 4.26. The summed E-state index contributed by atoms with van der Waals surface area (Å²) in [5, 5.41) is 4.33. The van der Waals surface area contributed by atoms with Crippen LogP contribution in [0.25, 0.3) is 0 Å². The number of Topliss-reactive ketones (excluding diaryl/α,β-unsaturated/α-hetero) is 1. The largest absolute Gasteiger partial charge is 0.299 e. The van der Waals surface area contributed by atoms with Gasteiger partial charge in [0.25, 0.3) is 0 Å². The van der Waals surface area contributed by atoms with Gasteiger partial charge in [-0.05, 0) is 47.6 Å². The van der Waals surface area contributed by atoms with Gasteiger partial charge in [-0.1, -0.05) is 6.92 Å². The Morgan fingerprint density at radius 3 is 3.00 bits per heavy atom. The highest BCUT2D eigenvalue weighted by atomic mass is 32.1. The van der Waals surface area contributed by atoms with Gasteiger partial charge in [-0.2, -0.15) is 11.3 Å². The molecule has 0 N–H and O–H groups in total. The first-order valence-electron chi connectivity index (χ1n) is 5.31. The maximum absolute atomic E-state index is 11.3. The summed E-state index contributed by atoms with van der Waals surface area (Å²) in [6.45, 7) is 2.09. The quantitative estimate of drug-likeness (QED) is 0.745. The summed E-state index contributed by atoms with van der Waals surface area (Å²) in [6.07, 6.45) is 4.26. The van der Waals surface area contributed by atoms with E-state index in [1.807, 2.05) is 0 Å². The summed E-state index contributed by atoms with van der Waals surface area (Å²) in [7, 11) is 0. The first-order chi connectivity index (χ1) is 6.77. The molecule has 1 aliphatic carbocycles. The number of rotatable bonds is 3. The fourth-order valence-electron chi connectivity index (χ4n) is 2.25. The molecule has 0 spiro atoms. The molecule has 0 aliphatic heterocycles. The van der Waals surface area contributed by atoms with Gasteiger partial charge in [-0.15, -0.1) is 0 Å². The van der Waals surface area contributed by atoms with Crippen LogP contribution in [0.4, 0.5) is 0 Å². The average molecular weight is 208 g/mol. The summed E-state index contributed by atoms with van der Waals surface area (Å²) in [5.41, 5.74) is 1.43. The standard InChI is InChI=1S/C12H16OS/c1-9-11(4-5-12(9)13)3-2-10-6-7-14-8-10/h6-9,11H,2-5H2,1H3. The maximum atomic E-state index is 11.3. The monoisotopic (exact) mass is 208 g/mol. The van der Waals surface area contributed by atoms with Crippen LogP contribution in [0.3, 0.4) is 0 Å². The summed E-state index contributed by atoms with van der Waals surface area (Å²) in [4.78, 5) is 11.3. The fraction of sp³-hybridized carbons (Fsp3) is 0.583. The predicted molar refractivity (Wildman–Crippen MR) is 59.5 cm³/mol. The molecule has 2 rings (SSSR count). The van der Waals surface area contributed by atoms with E-state index >= 15 is 0 Å². The number of aryl methyl sites for hydroxylation is 1. The highest BCUT2D eigenvalue weighted by molar-refractivity contribution is 7.07. The number of carbonyl (C=O) groups excluding carboxylic acids is 1. The summed E-state index contributed by atoms with van der Waals surface area (Å²) >= 11 is 1.76. The van der Waals surface area contributed by atoms with Gasteiger partial charge in [0.1, 0.15) is 5.78 Å². The molecule has 2 heteroatoms. The van der Waals surface area contributed by atoms with Gasteiger partial charge in [-0.3, -0.25) is 4.79 Å². The lowest BCUT2D eigenvalue weighted by Gasteiger charge is -2.12. The van der Waals surface area contributed by atoms with Gasteiger partial charge in [0.15, 0.2) is 0 Å². The third-order valence-electron chi connectivity index (χ3n) is 3.36. The molecule has 1 heterocycles. The van der Waals surface area contributed by atoms with Crippen molar-refractivity contribution in [2.24, 2.45) is 11.8 Å². The van der Waals surface area contributed by atoms with Crippen molar-refractivity contribution in [1.29, 1.82) is 0 Å². The Balaban J connectivity index is 1.84. The Bertz CT molecular complexity index is 302. The Morgan fingerprint density at radius 2 is 2.43 bits per heavy atom. The normalized spacial score (nSPS) is 27.1. The van der Waals surface area contributed by atoms with Gasteiger partial charge < -0.3 is 0 Å². The third-order valence-corrected chi connectivity index (χ3v) is 4.09. The summed E-state index contributed by atoms with van der Waals surface area (Å²) in [6, 6.07) is 2.19. The molecule has 1 nitrogen and oxygen atoms in total. The molecule has 0 aromatic carbocycles. The van der Waals surface area contributed by atoms with E-state index in [-0.39, 0.29) is 0 Å². The minimum absolute atomic E-state index is 0.314. The molecule has 0 saturated heterocycles. The van der Waals surface area contributed by atoms with Crippen molar-refractivity contribution in [2.45, 2.75) is 32.6 Å². The zero-order valence-electron chi connectivity index (χ0n) is 8.53. The molecule has 2 atom stereocenters. The lowest BCUT2D eigenvalue weighted by Crippen LogP contribution is -2.10. The van der Waals surface area contributed by atoms with Crippen LogP contribution in [0.2, 0.25) is 0 Å². The molecule has 76 valence electrons. The van der Waals surface area contributed by atoms with E-state index in [2.05, 4.69) is 23.8 Å². The Kier molecular flexibility index (Phi) is 3.02. The van der Waals surface area contributed by atoms with Crippen LogP contribution in [0.5, 0.6) is 0 Å². The molecule has 0 amide bonds. The summed E-state index contributed by atoms with van der Waals surface area (Å²) in [5.74, 6) is 1.43. The Morgan fingerprint density at radius 1 is 1.57 bits per heavy atom. The molecular formula is C12H16OS. The smallest absolute Gasteiger partial charge is 0.135 e. The molecule has 14 heavy (non-hydrogen) atoms. The van der Waals surface area contributed by atoms with Gasteiger partial charge in [0.05, 0.1) is 0 Å². The van der Waals surface area contributed by atoms with Crippen molar-refractivity contribution in [2.75, 3.05) is 0 Å². The maximum Gasteiger partial charge on any atom is 0.135 e. The topological polar surface area (TPSA) is 17.1 Å². The molecule has 1 fully saturated rings. The fourth-order valence-corrected chi connectivity index (χ4v) is 2.95. The highest BCUT2D eigenvalue weighted by Gasteiger charge is 2.30. The van der Waals surface area contributed by atoms with E-state index in [0.717, 1.165) is 19.3 Å². The number of thiophene rings is 1. The van der Waals surface area contributed by atoms with E-state index in [1.54, 1.807) is 11.3 Å². The van der Waals surface area contributed by atoms with E-state index in [4.69, 9.17) is 0 Å². The van der Waals surface area contributed by atoms with E-state index < -0.39 is 0 Å². The average Bonchev–Trinajstić information content (AvgIpc) is 2.77. The molecule has 1 aliphatic rings. The minimum Gasteiger partial charge on any atom is -0.299 e. The van der Waals surface area contributed by atoms with E-state index in [9.17, 15) is 4.79 Å². The van der Waals surface area contributed by atoms with Crippen LogP contribution in [-0.2, 0) is 11.2 Å². The zero-order chi connectivity index (χ0) is 9.97. The molecule has 1 aromatic rings. The van der Waals surface area contributed by atoms with Crippen molar-refractivity contribution >= 4 is 17.1 Å². The third kappa shape index (κ3) is 2.06. The van der Waals surface area contributed by atoms with Crippen molar-refractivity contribution in [3.8, 4) is 0 Å². The van der Waals surface area contributed by atoms with Crippen molar-refractivity contribution in [1.82, 2.24) is 0 Å². The second-order valence-electron chi connectivity index (χ2n) is 4.22. The lowest BCUT2D eigenvalue weighted by atomic mass is 9.92. The van der Waals surface area contributed by atoms with Crippen molar-refractivity contribution in [3.63, 3.8) is 0 Å². The van der Waals surface area contributed by atoms with Crippen LogP contribution in [0.15, 0.2) is 16.8 Å². The minimum atomic E-state index is 0.314. The molecule has 0 bridgehead atoms. The summed E-state index contributed by atoms with van der Waals surface area (Å²) < 4.78 is 0. The highest BCUT2D eigenvalue weighted by Crippen LogP contribution is 2.31. The number of ketones is 1.